The van der Waals surface area contributed by atoms with Gasteiger partial charge >= 0.3 is 0 Å². The van der Waals surface area contributed by atoms with Crippen LogP contribution in [0, 0.1) is 5.92 Å². The normalized spacial score (nSPS) is 16.9. The van der Waals surface area contributed by atoms with Crippen molar-refractivity contribution in [2.45, 2.75) is 32.9 Å². The zero-order valence-corrected chi connectivity index (χ0v) is 20.3. The Morgan fingerprint density at radius 2 is 2.04 bits per heavy atom. The molecule has 1 unspecified atom stereocenters. The molecule has 0 amide bonds. The minimum absolute atomic E-state index is 0. The van der Waals surface area contributed by atoms with E-state index in [9.17, 15) is 0 Å². The predicted molar refractivity (Wildman–Crippen MR) is 124 cm³/mol. The maximum absolute atomic E-state index is 6.10. The van der Waals surface area contributed by atoms with Gasteiger partial charge in [-0.05, 0) is 18.4 Å². The molecule has 2 rings (SSSR count). The summed E-state index contributed by atoms with van der Waals surface area (Å²) in [7, 11) is 5.91. The molecule has 1 aromatic heterocycles. The molecule has 1 saturated heterocycles. The van der Waals surface area contributed by atoms with Crippen LogP contribution in [-0.4, -0.2) is 73.3 Å². The number of ether oxygens (including phenoxy) is 1. The van der Waals surface area contributed by atoms with Gasteiger partial charge in [-0.3, -0.25) is 9.89 Å². The first kappa shape index (κ1) is 24.5. The van der Waals surface area contributed by atoms with Gasteiger partial charge in [0.2, 0.25) is 0 Å². The van der Waals surface area contributed by atoms with Gasteiger partial charge in [-0.1, -0.05) is 25.4 Å². The van der Waals surface area contributed by atoms with Gasteiger partial charge in [-0.2, -0.15) is 0 Å². The highest BCUT2D eigenvalue weighted by atomic mass is 127. The number of nitrogens with one attached hydrogen (secondary N) is 1. The number of aliphatic imine (C=N–C) groups is 1. The van der Waals surface area contributed by atoms with E-state index in [0.29, 0.717) is 12.0 Å². The van der Waals surface area contributed by atoms with Gasteiger partial charge in [0.1, 0.15) is 0 Å². The first-order valence-electron chi connectivity index (χ1n) is 9.45. The lowest BCUT2D eigenvalue weighted by Crippen LogP contribution is -2.51. The van der Waals surface area contributed by atoms with Crippen LogP contribution in [0.3, 0.4) is 0 Å². The van der Waals surface area contributed by atoms with E-state index in [-0.39, 0.29) is 24.0 Å². The highest BCUT2D eigenvalue weighted by molar-refractivity contribution is 14.0. The lowest BCUT2D eigenvalue weighted by molar-refractivity contribution is 0.0131. The Balaban J connectivity index is 0.00000364. The third kappa shape index (κ3) is 7.79. The Morgan fingerprint density at radius 1 is 1.37 bits per heavy atom. The van der Waals surface area contributed by atoms with Crippen LogP contribution in [0.25, 0.3) is 0 Å². The average molecular weight is 512 g/mol. The SMILES string of the molecule is CN=C(NCC(CC(C)C)N1CCOCC1)N(C)Cc1cc(Cl)cn1C.I. The van der Waals surface area contributed by atoms with E-state index in [1.165, 1.54) is 6.42 Å². The van der Waals surface area contributed by atoms with E-state index in [1.807, 2.05) is 26.4 Å². The topological polar surface area (TPSA) is 45.0 Å². The highest BCUT2D eigenvalue weighted by Crippen LogP contribution is 2.15. The van der Waals surface area contributed by atoms with Crippen LogP contribution < -0.4 is 5.32 Å². The first-order valence-corrected chi connectivity index (χ1v) is 9.82. The average Bonchev–Trinajstić information content (AvgIpc) is 2.92. The van der Waals surface area contributed by atoms with E-state index in [1.54, 1.807) is 0 Å². The summed E-state index contributed by atoms with van der Waals surface area (Å²) in [5.74, 6) is 1.57. The van der Waals surface area contributed by atoms with Gasteiger partial charge in [0, 0.05) is 58.7 Å². The minimum Gasteiger partial charge on any atom is -0.379 e. The number of guanidine groups is 1. The van der Waals surface area contributed by atoms with Crippen molar-refractivity contribution in [2.24, 2.45) is 18.0 Å². The van der Waals surface area contributed by atoms with Gasteiger partial charge in [0.05, 0.1) is 24.8 Å². The van der Waals surface area contributed by atoms with Crippen LogP contribution in [-0.2, 0) is 18.3 Å². The molecule has 0 saturated carbocycles. The molecular weight excluding hydrogens is 477 g/mol. The fourth-order valence-electron chi connectivity index (χ4n) is 3.48. The number of hydrogen-bond donors (Lipinski definition) is 1. The lowest BCUT2D eigenvalue weighted by Gasteiger charge is -2.36. The van der Waals surface area contributed by atoms with Crippen molar-refractivity contribution in [1.82, 2.24) is 19.7 Å². The van der Waals surface area contributed by atoms with Crippen LogP contribution in [0.4, 0.5) is 0 Å². The fraction of sp³-hybridized carbons (Fsp3) is 0.737. The number of rotatable bonds is 7. The Morgan fingerprint density at radius 3 is 2.56 bits per heavy atom. The molecule has 6 nitrogen and oxygen atoms in total. The van der Waals surface area contributed by atoms with E-state index < -0.39 is 0 Å². The summed E-state index contributed by atoms with van der Waals surface area (Å²) < 4.78 is 7.57. The zero-order chi connectivity index (χ0) is 19.1. The summed E-state index contributed by atoms with van der Waals surface area (Å²) in [6.07, 6.45) is 3.10. The van der Waals surface area contributed by atoms with Crippen LogP contribution in [0.15, 0.2) is 17.3 Å². The van der Waals surface area contributed by atoms with Crippen LogP contribution in [0.1, 0.15) is 26.0 Å². The second-order valence-electron chi connectivity index (χ2n) is 7.48. The molecule has 8 heteroatoms. The van der Waals surface area contributed by atoms with Crippen molar-refractivity contribution in [1.29, 1.82) is 0 Å². The second-order valence-corrected chi connectivity index (χ2v) is 7.91. The number of aromatic nitrogens is 1. The molecule has 1 N–H and O–H groups in total. The van der Waals surface area contributed by atoms with Crippen molar-refractivity contribution in [3.05, 3.63) is 23.0 Å². The highest BCUT2D eigenvalue weighted by Gasteiger charge is 2.22. The van der Waals surface area contributed by atoms with Crippen molar-refractivity contribution in [2.75, 3.05) is 46.9 Å². The molecule has 0 aliphatic carbocycles. The third-order valence-corrected chi connectivity index (χ3v) is 5.06. The molecule has 0 radical (unpaired) electrons. The molecule has 0 spiro atoms. The smallest absolute Gasteiger partial charge is 0.193 e. The standard InChI is InChI=1S/C19H34ClN5O.HI/c1-15(2)10-17(25-6-8-26-9-7-25)12-22-19(21-3)24(5)14-18-11-16(20)13-23(18)4;/h11,13,15,17H,6-10,12,14H2,1-5H3,(H,21,22);1H. The van der Waals surface area contributed by atoms with Crippen LogP contribution >= 0.6 is 35.6 Å². The van der Waals surface area contributed by atoms with Gasteiger partial charge in [0.25, 0.3) is 0 Å². The summed E-state index contributed by atoms with van der Waals surface area (Å²) in [5, 5.41) is 4.34. The van der Waals surface area contributed by atoms with Crippen molar-refractivity contribution in [3.63, 3.8) is 0 Å². The fourth-order valence-corrected chi connectivity index (χ4v) is 3.76. The van der Waals surface area contributed by atoms with Crippen LogP contribution in [0.2, 0.25) is 5.02 Å². The molecule has 0 aromatic carbocycles. The van der Waals surface area contributed by atoms with Gasteiger partial charge in [0.15, 0.2) is 5.96 Å². The molecule has 1 aliphatic rings. The molecule has 0 bridgehead atoms. The van der Waals surface area contributed by atoms with E-state index >= 15 is 0 Å². The van der Waals surface area contributed by atoms with E-state index in [4.69, 9.17) is 16.3 Å². The zero-order valence-electron chi connectivity index (χ0n) is 17.2. The minimum atomic E-state index is 0. The van der Waals surface area contributed by atoms with Crippen molar-refractivity contribution in [3.8, 4) is 0 Å². The van der Waals surface area contributed by atoms with Crippen molar-refractivity contribution >= 4 is 41.5 Å². The second kappa shape index (κ2) is 12.1. The molecule has 1 fully saturated rings. The largest absolute Gasteiger partial charge is 0.379 e. The first-order chi connectivity index (χ1) is 12.4. The Bertz CT molecular complexity index is 587. The number of morpholine rings is 1. The third-order valence-electron chi connectivity index (χ3n) is 4.85. The van der Waals surface area contributed by atoms with E-state index in [0.717, 1.165) is 56.1 Å². The Hall–Kier alpha value is -0.510. The summed E-state index contributed by atoms with van der Waals surface area (Å²) >= 11 is 6.10. The summed E-state index contributed by atoms with van der Waals surface area (Å²) in [5.41, 5.74) is 1.16. The quantitative estimate of drug-likeness (QED) is 0.347. The van der Waals surface area contributed by atoms with Gasteiger partial charge in [-0.25, -0.2) is 0 Å². The monoisotopic (exact) mass is 511 g/mol. The van der Waals surface area contributed by atoms with Crippen molar-refractivity contribution < 1.29 is 4.74 Å². The maximum Gasteiger partial charge on any atom is 0.193 e. The lowest BCUT2D eigenvalue weighted by atomic mass is 10.0. The number of halogens is 2. The molecule has 156 valence electrons. The van der Waals surface area contributed by atoms with Gasteiger partial charge < -0.3 is 19.5 Å². The molecule has 2 heterocycles. The predicted octanol–water partition coefficient (Wildman–Crippen LogP) is 3.05. The molecule has 1 aromatic rings. The number of hydrogen-bond acceptors (Lipinski definition) is 3. The Labute approximate surface area is 186 Å². The van der Waals surface area contributed by atoms with E-state index in [2.05, 4.69) is 45.6 Å². The summed E-state index contributed by atoms with van der Waals surface area (Å²) in [6.45, 7) is 9.90. The molecule has 1 aliphatic heterocycles. The molecule has 1 atom stereocenters. The maximum atomic E-state index is 6.10. The number of nitrogens with zero attached hydrogens (tertiary/aromatic N) is 4. The number of aryl methyl sites for hydroxylation is 1. The summed E-state index contributed by atoms with van der Waals surface area (Å²) in [6, 6.07) is 2.49. The van der Waals surface area contributed by atoms with Crippen LogP contribution in [0.5, 0.6) is 0 Å². The molecular formula is C19H35ClIN5O. The molecule has 27 heavy (non-hydrogen) atoms. The van der Waals surface area contributed by atoms with Gasteiger partial charge in [-0.15, -0.1) is 24.0 Å². The summed E-state index contributed by atoms with van der Waals surface area (Å²) in [4.78, 5) is 9.14. The Kier molecular flexibility index (Phi) is 11.0.